The smallest absolute Gasteiger partial charge is 0.328 e. The second kappa shape index (κ2) is 18.3. The van der Waals surface area contributed by atoms with Crippen LogP contribution in [0.1, 0.15) is 6.42 Å². The number of amides is 2. The molecular formula is C15H23FmN3O6PdS2-2. The summed E-state index contributed by atoms with van der Waals surface area (Å²) in [7, 11) is 1.58. The zero-order valence-corrected chi connectivity index (χ0v) is 20.6. The van der Waals surface area contributed by atoms with Gasteiger partial charge in [0.2, 0.25) is 5.91 Å². The summed E-state index contributed by atoms with van der Waals surface area (Å²) in [5.74, 6) is -1.63. The van der Waals surface area contributed by atoms with Crippen LogP contribution in [0.5, 0.6) is 0 Å². The molecule has 13 heteroatoms. The van der Waals surface area contributed by atoms with Gasteiger partial charge in [0.15, 0.2) is 0 Å². The van der Waals surface area contributed by atoms with Gasteiger partial charge in [-0.2, -0.15) is 23.9 Å². The van der Waals surface area contributed by atoms with Crippen molar-refractivity contribution in [2.24, 2.45) is 0 Å². The summed E-state index contributed by atoms with van der Waals surface area (Å²) in [6, 6.07) is -2.59. The number of likely N-dealkylation sites (N-methyl/N-ethyl adjacent to an activating group) is 1. The van der Waals surface area contributed by atoms with Gasteiger partial charge in [0, 0.05) is 26.2 Å². The van der Waals surface area contributed by atoms with Crippen LogP contribution in [0.4, 0.5) is 0 Å². The Morgan fingerprint density at radius 2 is 1.96 bits per heavy atom. The summed E-state index contributed by atoms with van der Waals surface area (Å²) in [6.07, 6.45) is 2.97. The Bertz CT molecular complexity index is 500. The van der Waals surface area contributed by atoms with E-state index in [1.807, 2.05) is 0 Å². The van der Waals surface area contributed by atoms with E-state index in [1.165, 1.54) is 24.2 Å². The summed E-state index contributed by atoms with van der Waals surface area (Å²) in [5.41, 5.74) is 0. The molecule has 0 rings (SSSR count). The van der Waals surface area contributed by atoms with Gasteiger partial charge in [-0.15, -0.1) is 0 Å². The molecular weight excluding hydrogens is 746 g/mol. The number of hydrogen-bond donors (Lipinski definition) is 4. The fraction of sp³-hybridized carbons (Fsp3) is 0.600. The van der Waals surface area contributed by atoms with Gasteiger partial charge < -0.3 is 43.2 Å². The maximum absolute atomic E-state index is 12.1. The molecule has 0 radical (unpaired) electrons. The standard InChI is InChI=1S/C15H24N3O6S2.Fm.Pd/c1-3-5-24-15(23)10(18-13(20)11(7-25)16-2)4-6-26-8-12(14(21)22)17-9-19;;/h3,10-12,16,25H,1,4-8H2,2H3,(H,17,19)(H,18,20)(H,21,22);;/q-1;;/p-1/t10-,11-,12-;;/m0../s1. The Morgan fingerprint density at radius 1 is 1.32 bits per heavy atom. The SMILES string of the molecule is C=CCOC(=O)[C@H](CCSC[C@H](N[C-]=O)C(=O)O)NC(=O)[C@H](C[S-])NC.[Fm].[Pd]. The molecule has 0 aliphatic rings. The van der Waals surface area contributed by atoms with Crippen LogP contribution in [-0.4, -0.2) is 78.4 Å². The fourth-order valence-corrected chi connectivity index (χ4v) is 3.05. The van der Waals surface area contributed by atoms with Crippen molar-refractivity contribution in [2.45, 2.75) is 24.5 Å². The van der Waals surface area contributed by atoms with E-state index in [0.29, 0.717) is 5.75 Å². The number of nitrogens with one attached hydrogen (secondary N) is 3. The number of carboxylic acids is 1. The van der Waals surface area contributed by atoms with Crippen molar-refractivity contribution in [1.82, 2.24) is 16.0 Å². The average Bonchev–Trinajstić information content (AvgIpc) is 2.61. The first-order valence-electron chi connectivity index (χ1n) is 7.67. The summed E-state index contributed by atoms with van der Waals surface area (Å²) >= 11 is 6.08. The van der Waals surface area contributed by atoms with Crippen LogP contribution in [0.2, 0.25) is 0 Å². The summed E-state index contributed by atoms with van der Waals surface area (Å²) in [5, 5.41) is 16.3. The van der Waals surface area contributed by atoms with E-state index in [1.54, 1.807) is 7.05 Å². The molecule has 0 fully saturated rings. The number of aliphatic carboxylic acids is 1. The van der Waals surface area contributed by atoms with Gasteiger partial charge in [-0.3, -0.25) is 9.59 Å². The number of thioether (sulfide) groups is 1. The third kappa shape index (κ3) is 12.4. The molecule has 0 saturated heterocycles. The van der Waals surface area contributed by atoms with Crippen molar-refractivity contribution >= 4 is 48.6 Å². The van der Waals surface area contributed by atoms with Gasteiger partial charge in [0.1, 0.15) is 18.7 Å². The average molecular weight is 769 g/mol. The number of carboxylic acid groups (broad SMARTS) is 1. The van der Waals surface area contributed by atoms with Gasteiger partial charge in [0.05, 0.1) is 6.04 Å². The van der Waals surface area contributed by atoms with Crippen LogP contribution in [0.25, 0.3) is 0 Å². The molecule has 3 atom stereocenters. The zero-order chi connectivity index (χ0) is 19.9. The quantitative estimate of drug-likeness (QED) is 0.0301. The monoisotopic (exact) mass is 768 g/mol. The van der Waals surface area contributed by atoms with Crippen LogP contribution in [-0.2, 0) is 57.0 Å². The minimum absolute atomic E-state index is 0. The third-order valence-corrected chi connectivity index (χ3v) is 4.57. The molecule has 0 bridgehead atoms. The maximum Gasteiger partial charge on any atom is 0.328 e. The molecule has 4 N–H and O–H groups in total. The summed E-state index contributed by atoms with van der Waals surface area (Å²) < 4.78 is 4.97. The number of ether oxygens (including phenoxy) is 1. The number of carbonyl (C=O) groups excluding carboxylic acids is 3. The molecule has 0 unspecified atom stereocenters. The Morgan fingerprint density at radius 3 is 2.43 bits per heavy atom. The van der Waals surface area contributed by atoms with Crippen molar-refractivity contribution in [3.8, 4) is 0 Å². The second-order valence-electron chi connectivity index (χ2n) is 4.99. The zero-order valence-electron chi connectivity index (χ0n) is 15.0. The van der Waals surface area contributed by atoms with Crippen molar-refractivity contribution in [3.63, 3.8) is 0 Å². The van der Waals surface area contributed by atoms with E-state index < -0.39 is 36.0 Å². The first-order chi connectivity index (χ1) is 12.4. The van der Waals surface area contributed by atoms with E-state index in [0.717, 1.165) is 0 Å². The van der Waals surface area contributed by atoms with E-state index >= 15 is 0 Å². The first-order valence-corrected chi connectivity index (χ1v) is 9.40. The van der Waals surface area contributed by atoms with Crippen LogP contribution < -0.4 is 16.0 Å². The van der Waals surface area contributed by atoms with E-state index in [4.69, 9.17) is 22.5 Å². The topological polar surface area (TPSA) is 134 Å². The predicted molar refractivity (Wildman–Crippen MR) is 100 cm³/mol. The number of hydrogen-bond acceptors (Lipinski definition) is 8. The van der Waals surface area contributed by atoms with E-state index in [2.05, 4.69) is 22.5 Å². The number of esters is 1. The van der Waals surface area contributed by atoms with Gasteiger partial charge in [0.25, 0.3) is 0 Å². The molecule has 0 aliphatic heterocycles. The molecule has 0 spiro atoms. The molecule has 0 aromatic carbocycles. The van der Waals surface area contributed by atoms with Crippen LogP contribution in [0, 0.1) is 0 Å². The van der Waals surface area contributed by atoms with Gasteiger partial charge >= 0.3 is 11.9 Å². The van der Waals surface area contributed by atoms with E-state index in [-0.39, 0.29) is 45.0 Å². The van der Waals surface area contributed by atoms with Crippen molar-refractivity contribution < 1.29 is 49.4 Å². The van der Waals surface area contributed by atoms with Crippen LogP contribution in [0.3, 0.4) is 0 Å². The third-order valence-electron chi connectivity index (χ3n) is 3.14. The molecule has 0 aromatic rings. The predicted octanol–water partition coefficient (Wildman–Crippen LogP) is -1.43. The molecule has 2 amide bonds. The largest absolute Gasteiger partial charge is 0.791 e. The molecule has 0 aromatic heterocycles. The minimum atomic E-state index is -1.18. The Hall–Kier alpha value is -2.06. The molecule has 170 valence electrons. The Labute approximate surface area is 181 Å². The summed E-state index contributed by atoms with van der Waals surface area (Å²) in [4.78, 5) is 45.4. The molecule has 0 aliphatic carbocycles. The Balaban J connectivity index is -0.00000312. The molecule has 9 nitrogen and oxygen atoms in total. The fourth-order valence-electron chi connectivity index (χ4n) is 1.70. The van der Waals surface area contributed by atoms with Gasteiger partial charge in [-0.05, 0) is 19.2 Å². The maximum atomic E-state index is 12.1. The van der Waals surface area contributed by atoms with Crippen molar-refractivity contribution in [2.75, 3.05) is 30.9 Å². The molecule has 0 heterocycles. The number of rotatable bonds is 15. The van der Waals surface area contributed by atoms with E-state index in [9.17, 15) is 19.2 Å². The minimum Gasteiger partial charge on any atom is -0.791 e. The van der Waals surface area contributed by atoms with Gasteiger partial charge in [-0.1, -0.05) is 12.7 Å². The number of carbonyl (C=O) groups is 3. The van der Waals surface area contributed by atoms with Crippen LogP contribution in [0.15, 0.2) is 12.7 Å². The molecule has 0 saturated carbocycles. The first kappa shape index (κ1) is 30.7. The van der Waals surface area contributed by atoms with Crippen molar-refractivity contribution in [1.29, 1.82) is 0 Å². The normalized spacial score (nSPS) is 12.8. The van der Waals surface area contributed by atoms with Crippen LogP contribution >= 0.6 is 11.8 Å². The molecule has 28 heavy (non-hydrogen) atoms. The van der Waals surface area contributed by atoms with Gasteiger partial charge in [-0.25, -0.2) is 4.79 Å². The summed E-state index contributed by atoms with van der Waals surface area (Å²) in [6.45, 7) is 3.46. The second-order valence-corrected chi connectivity index (χ2v) is 6.47. The van der Waals surface area contributed by atoms with Crippen molar-refractivity contribution in [3.05, 3.63) is 12.7 Å². The Kier molecular flexibility index (Phi) is 20.1.